The Balaban J connectivity index is 1.84. The van der Waals surface area contributed by atoms with Crippen LogP contribution >= 0.6 is 0 Å². The number of benzene rings is 2. The van der Waals surface area contributed by atoms with E-state index in [0.29, 0.717) is 5.57 Å². The predicted octanol–water partition coefficient (Wildman–Crippen LogP) is 3.73. The lowest BCUT2D eigenvalue weighted by molar-refractivity contribution is -0.394. The van der Waals surface area contributed by atoms with Gasteiger partial charge in [0.1, 0.15) is 12.2 Å². The van der Waals surface area contributed by atoms with Crippen LogP contribution in [0.25, 0.3) is 0 Å². The van der Waals surface area contributed by atoms with Gasteiger partial charge in [-0.1, -0.05) is 30.0 Å². The normalized spacial score (nSPS) is 15.5. The van der Waals surface area contributed by atoms with Crippen molar-refractivity contribution in [2.75, 3.05) is 0 Å². The molecule has 0 unspecified atom stereocenters. The lowest BCUT2D eigenvalue weighted by atomic mass is 10.1. The summed E-state index contributed by atoms with van der Waals surface area (Å²) in [6.07, 6.45) is 0.354. The largest absolute Gasteiger partial charge is 0.457 e. The zero-order valence-corrected chi connectivity index (χ0v) is 17.4. The van der Waals surface area contributed by atoms with Crippen molar-refractivity contribution in [3.63, 3.8) is 0 Å². The van der Waals surface area contributed by atoms with Gasteiger partial charge in [0.05, 0.1) is 21.5 Å². The van der Waals surface area contributed by atoms with E-state index < -0.39 is 45.4 Å². The van der Waals surface area contributed by atoms with Crippen LogP contribution in [0.4, 0.5) is 11.4 Å². The van der Waals surface area contributed by atoms with Crippen LogP contribution < -0.4 is 0 Å². The van der Waals surface area contributed by atoms with Crippen molar-refractivity contribution in [2.24, 2.45) is 0 Å². The summed E-state index contributed by atoms with van der Waals surface area (Å²) in [6, 6.07) is 11.6. The highest BCUT2D eigenvalue weighted by Crippen LogP contribution is 2.25. The highest BCUT2D eigenvalue weighted by Gasteiger charge is 2.28. The molecule has 10 heteroatoms. The van der Waals surface area contributed by atoms with Gasteiger partial charge in [-0.15, -0.1) is 0 Å². The maximum atomic E-state index is 12.7. The number of nitrogens with zero attached hydrogens (tertiary/aromatic N) is 2. The Morgan fingerprint density at radius 3 is 2.30 bits per heavy atom. The van der Waals surface area contributed by atoms with E-state index in [2.05, 4.69) is 11.8 Å². The second-order valence-corrected chi connectivity index (χ2v) is 7.16. The van der Waals surface area contributed by atoms with Gasteiger partial charge in [0, 0.05) is 36.1 Å². The number of non-ortho nitro benzene ring substituents is 2. The van der Waals surface area contributed by atoms with Gasteiger partial charge in [0.2, 0.25) is 0 Å². The van der Waals surface area contributed by atoms with E-state index in [-0.39, 0.29) is 18.4 Å². The Morgan fingerprint density at radius 1 is 1.12 bits per heavy atom. The molecular weight excluding hydrogens is 432 g/mol. The van der Waals surface area contributed by atoms with Gasteiger partial charge in [-0.2, -0.15) is 0 Å². The summed E-state index contributed by atoms with van der Waals surface area (Å²) >= 11 is 0. The number of cyclic esters (lactones) is 1. The third-order valence-electron chi connectivity index (χ3n) is 4.61. The Bertz CT molecular complexity index is 1160. The highest BCUT2D eigenvalue weighted by atomic mass is 16.6. The minimum atomic E-state index is -1.01. The zero-order valence-electron chi connectivity index (χ0n) is 17.4. The van der Waals surface area contributed by atoms with Crippen LogP contribution in [0.1, 0.15) is 35.7 Å². The Labute approximate surface area is 188 Å². The molecular formula is C23H18N2O8. The van der Waals surface area contributed by atoms with Crippen molar-refractivity contribution in [3.05, 3.63) is 91.5 Å². The van der Waals surface area contributed by atoms with Crippen LogP contribution in [-0.2, 0) is 14.3 Å². The van der Waals surface area contributed by atoms with Gasteiger partial charge < -0.3 is 9.47 Å². The van der Waals surface area contributed by atoms with Crippen molar-refractivity contribution < 1.29 is 28.9 Å². The van der Waals surface area contributed by atoms with Crippen molar-refractivity contribution in [2.45, 2.75) is 32.0 Å². The first-order chi connectivity index (χ1) is 15.7. The molecule has 2 aromatic carbocycles. The molecule has 1 aliphatic rings. The topological polar surface area (TPSA) is 139 Å². The maximum absolute atomic E-state index is 12.7. The van der Waals surface area contributed by atoms with Crippen LogP contribution in [0.3, 0.4) is 0 Å². The molecule has 168 valence electrons. The molecule has 0 spiro atoms. The molecule has 2 aromatic rings. The van der Waals surface area contributed by atoms with Crippen molar-refractivity contribution in [1.82, 2.24) is 0 Å². The van der Waals surface area contributed by atoms with Crippen LogP contribution in [0.15, 0.2) is 60.2 Å². The van der Waals surface area contributed by atoms with Gasteiger partial charge in [0.25, 0.3) is 11.4 Å². The summed E-state index contributed by atoms with van der Waals surface area (Å²) < 4.78 is 10.5. The van der Waals surface area contributed by atoms with Crippen LogP contribution in [-0.4, -0.2) is 34.0 Å². The molecule has 0 radical (unpaired) electrons. The molecule has 0 N–H and O–H groups in total. The maximum Gasteiger partial charge on any atom is 0.338 e. The minimum Gasteiger partial charge on any atom is -0.457 e. The molecule has 0 aliphatic carbocycles. The second-order valence-electron chi connectivity index (χ2n) is 7.16. The third-order valence-corrected chi connectivity index (χ3v) is 4.61. The van der Waals surface area contributed by atoms with Crippen LogP contribution in [0.5, 0.6) is 0 Å². The van der Waals surface area contributed by atoms with Gasteiger partial charge in [-0.25, -0.2) is 9.59 Å². The molecule has 1 aliphatic heterocycles. The van der Waals surface area contributed by atoms with E-state index in [1.807, 2.05) is 18.2 Å². The van der Waals surface area contributed by atoms with E-state index in [1.54, 1.807) is 25.1 Å². The Morgan fingerprint density at radius 2 is 1.76 bits per heavy atom. The molecule has 0 saturated heterocycles. The van der Waals surface area contributed by atoms with E-state index in [1.165, 1.54) is 0 Å². The van der Waals surface area contributed by atoms with Gasteiger partial charge in [0.15, 0.2) is 0 Å². The predicted molar refractivity (Wildman–Crippen MR) is 115 cm³/mol. The van der Waals surface area contributed by atoms with Crippen LogP contribution in [0.2, 0.25) is 0 Å². The number of carbonyl (C=O) groups is 2. The van der Waals surface area contributed by atoms with E-state index in [4.69, 9.17) is 9.47 Å². The molecule has 1 heterocycles. The molecule has 10 nitrogen and oxygen atoms in total. The number of rotatable bonds is 7. The van der Waals surface area contributed by atoms with Crippen molar-refractivity contribution in [3.8, 4) is 11.8 Å². The number of hydrogen-bond acceptors (Lipinski definition) is 8. The van der Waals surface area contributed by atoms with E-state index >= 15 is 0 Å². The van der Waals surface area contributed by atoms with E-state index in [0.717, 1.165) is 23.8 Å². The average Bonchev–Trinajstić information content (AvgIpc) is 3.10. The summed E-state index contributed by atoms with van der Waals surface area (Å²) in [6.45, 7) is 1.68. The monoisotopic (exact) mass is 450 g/mol. The summed E-state index contributed by atoms with van der Waals surface area (Å²) in [7, 11) is 0. The number of carbonyl (C=O) groups excluding carboxylic acids is 2. The highest BCUT2D eigenvalue weighted by molar-refractivity contribution is 5.92. The zero-order chi connectivity index (χ0) is 24.0. The summed E-state index contributed by atoms with van der Waals surface area (Å²) in [5.74, 6) is 4.28. The molecule has 2 atom stereocenters. The quantitative estimate of drug-likeness (QED) is 0.269. The van der Waals surface area contributed by atoms with Crippen LogP contribution in [0, 0.1) is 32.1 Å². The smallest absolute Gasteiger partial charge is 0.338 e. The molecule has 0 saturated carbocycles. The minimum absolute atomic E-state index is 0.00933. The summed E-state index contributed by atoms with van der Waals surface area (Å²) in [5.41, 5.74) is -0.537. The third kappa shape index (κ3) is 6.24. The number of hydrogen-bond donors (Lipinski definition) is 0. The standard InChI is InChI=1S/C23H18N2O8/c1-15-10-17(22(26)32-15)13-21(9-5-8-16-6-3-2-4-7-16)33-23(27)18-11-19(24(28)29)14-20(12-18)25(30)31/h2-4,6-7,10-12,14-15,21H,9,13H2,1H3/t15-,21+/m0/s1. The number of nitro benzene ring substituents is 2. The summed E-state index contributed by atoms with van der Waals surface area (Å²) in [4.78, 5) is 45.2. The van der Waals surface area contributed by atoms with E-state index in [9.17, 15) is 29.8 Å². The lowest BCUT2D eigenvalue weighted by Crippen LogP contribution is -2.20. The fourth-order valence-corrected chi connectivity index (χ4v) is 3.11. The first-order valence-electron chi connectivity index (χ1n) is 9.83. The Kier molecular flexibility index (Phi) is 7.15. The fraction of sp³-hybridized carbons (Fsp3) is 0.217. The molecule has 0 amide bonds. The number of esters is 2. The fourth-order valence-electron chi connectivity index (χ4n) is 3.11. The Hall–Kier alpha value is -4.52. The molecule has 0 aromatic heterocycles. The first kappa shape index (κ1) is 23.1. The summed E-state index contributed by atoms with van der Waals surface area (Å²) in [5, 5.41) is 22.2. The molecule has 3 rings (SSSR count). The molecule has 0 bridgehead atoms. The van der Waals surface area contributed by atoms with Gasteiger partial charge >= 0.3 is 11.9 Å². The lowest BCUT2D eigenvalue weighted by Gasteiger charge is -2.15. The number of nitro groups is 2. The first-order valence-corrected chi connectivity index (χ1v) is 9.83. The van der Waals surface area contributed by atoms with Crippen molar-refractivity contribution >= 4 is 23.3 Å². The van der Waals surface area contributed by atoms with Crippen molar-refractivity contribution in [1.29, 1.82) is 0 Å². The number of ether oxygens (including phenoxy) is 2. The van der Waals surface area contributed by atoms with Gasteiger partial charge in [-0.05, 0) is 25.1 Å². The van der Waals surface area contributed by atoms with Gasteiger partial charge in [-0.3, -0.25) is 20.2 Å². The SMILES string of the molecule is C[C@H]1C=C(C[C@@H](CC#Cc2ccccc2)OC(=O)c2cc([N+](=O)[O-])cc([N+](=O)[O-])c2)C(=O)O1. The molecule has 0 fully saturated rings. The second kappa shape index (κ2) is 10.2. The average molecular weight is 450 g/mol. The molecule has 33 heavy (non-hydrogen) atoms.